The van der Waals surface area contributed by atoms with Crippen molar-refractivity contribution in [1.29, 1.82) is 0 Å². The van der Waals surface area contributed by atoms with Gasteiger partial charge in [0.05, 0.1) is 27.0 Å². The molecule has 3 rings (SSSR count). The van der Waals surface area contributed by atoms with Crippen LogP contribution in [-0.4, -0.2) is 29.9 Å². The number of anilines is 1. The number of ether oxygens (including phenoxy) is 2. The largest absolute Gasteiger partial charge is 0.493 e. The molecule has 3 aromatic rings. The molecule has 0 saturated heterocycles. The molecule has 1 N–H and O–H groups in total. The molecule has 30 heavy (non-hydrogen) atoms. The van der Waals surface area contributed by atoms with E-state index in [4.69, 9.17) is 9.47 Å². The maximum atomic E-state index is 13.0. The Morgan fingerprint density at radius 3 is 2.50 bits per heavy atom. The van der Waals surface area contributed by atoms with Gasteiger partial charge in [-0.05, 0) is 36.1 Å². The van der Waals surface area contributed by atoms with Gasteiger partial charge in [-0.3, -0.25) is 4.79 Å². The lowest BCUT2D eigenvalue weighted by molar-refractivity contribution is 0.102. The average molecular weight is 405 g/mol. The topological polar surface area (TPSA) is 65.4 Å². The molecule has 0 saturated carbocycles. The Labute approximate surface area is 177 Å². The van der Waals surface area contributed by atoms with Crippen LogP contribution in [0.5, 0.6) is 11.5 Å². The molecule has 0 atom stereocenters. The SMILES string of the molecule is C=CCc1cc(C(=O)Nc2ccnn2Cc2ccc(CC)cc2)cc(OC)c1OC. The summed E-state index contributed by atoms with van der Waals surface area (Å²) in [7, 11) is 3.13. The third kappa shape index (κ3) is 4.71. The van der Waals surface area contributed by atoms with Gasteiger partial charge in [0.15, 0.2) is 11.5 Å². The molecule has 156 valence electrons. The van der Waals surface area contributed by atoms with Crippen molar-refractivity contribution in [2.75, 3.05) is 19.5 Å². The lowest BCUT2D eigenvalue weighted by Crippen LogP contribution is -2.17. The lowest BCUT2D eigenvalue weighted by atomic mass is 10.0. The highest BCUT2D eigenvalue weighted by molar-refractivity contribution is 6.04. The van der Waals surface area contributed by atoms with E-state index in [9.17, 15) is 4.79 Å². The fraction of sp³-hybridized carbons (Fsp3) is 0.250. The molecule has 6 heteroatoms. The summed E-state index contributed by atoms with van der Waals surface area (Å²) in [5, 5.41) is 7.30. The van der Waals surface area contributed by atoms with E-state index in [1.54, 1.807) is 49.4 Å². The van der Waals surface area contributed by atoms with Gasteiger partial charge in [0, 0.05) is 17.2 Å². The van der Waals surface area contributed by atoms with Crippen LogP contribution in [0.15, 0.2) is 61.3 Å². The van der Waals surface area contributed by atoms with Gasteiger partial charge in [0.2, 0.25) is 0 Å². The number of hydrogen-bond acceptors (Lipinski definition) is 4. The van der Waals surface area contributed by atoms with Crippen LogP contribution in [-0.2, 0) is 19.4 Å². The molecule has 0 aliphatic heterocycles. The predicted octanol–water partition coefficient (Wildman–Crippen LogP) is 4.49. The summed E-state index contributed by atoms with van der Waals surface area (Å²) in [6.45, 7) is 6.48. The first-order valence-electron chi connectivity index (χ1n) is 9.86. The molecule has 1 heterocycles. The number of aryl methyl sites for hydroxylation is 1. The zero-order valence-corrected chi connectivity index (χ0v) is 17.6. The summed E-state index contributed by atoms with van der Waals surface area (Å²) in [6, 6.07) is 13.6. The molecule has 0 unspecified atom stereocenters. The van der Waals surface area contributed by atoms with Gasteiger partial charge < -0.3 is 14.8 Å². The van der Waals surface area contributed by atoms with E-state index in [0.29, 0.717) is 35.8 Å². The minimum atomic E-state index is -0.246. The molecule has 1 amide bonds. The maximum Gasteiger partial charge on any atom is 0.256 e. The number of nitrogens with zero attached hydrogens (tertiary/aromatic N) is 2. The average Bonchev–Trinajstić information content (AvgIpc) is 3.20. The smallest absolute Gasteiger partial charge is 0.256 e. The van der Waals surface area contributed by atoms with E-state index in [2.05, 4.69) is 48.2 Å². The number of rotatable bonds is 9. The molecule has 0 aliphatic carbocycles. The number of allylic oxidation sites excluding steroid dienone is 1. The second-order valence-corrected chi connectivity index (χ2v) is 6.86. The van der Waals surface area contributed by atoms with Crippen LogP contribution in [0, 0.1) is 0 Å². The van der Waals surface area contributed by atoms with Crippen LogP contribution in [0.2, 0.25) is 0 Å². The van der Waals surface area contributed by atoms with E-state index >= 15 is 0 Å². The number of aromatic nitrogens is 2. The van der Waals surface area contributed by atoms with Crippen LogP contribution >= 0.6 is 0 Å². The molecule has 1 aromatic heterocycles. The highest BCUT2D eigenvalue weighted by Gasteiger charge is 2.17. The Morgan fingerprint density at radius 1 is 1.13 bits per heavy atom. The van der Waals surface area contributed by atoms with Crippen molar-refractivity contribution in [2.24, 2.45) is 0 Å². The number of nitrogens with one attached hydrogen (secondary N) is 1. The Morgan fingerprint density at radius 2 is 1.87 bits per heavy atom. The van der Waals surface area contributed by atoms with Gasteiger partial charge in [0.25, 0.3) is 5.91 Å². The standard InChI is InChI=1S/C24H27N3O3/c1-5-7-19-14-20(15-21(29-3)23(19)30-4)24(28)26-22-12-13-25-27(22)16-18-10-8-17(6-2)9-11-18/h5,8-15H,1,6-7,16H2,2-4H3,(H,26,28). The Balaban J connectivity index is 1.82. The van der Waals surface area contributed by atoms with Crippen molar-refractivity contribution in [2.45, 2.75) is 26.3 Å². The van der Waals surface area contributed by atoms with Gasteiger partial charge in [-0.2, -0.15) is 5.10 Å². The van der Waals surface area contributed by atoms with E-state index < -0.39 is 0 Å². The second-order valence-electron chi connectivity index (χ2n) is 6.86. The molecular weight excluding hydrogens is 378 g/mol. The molecular formula is C24H27N3O3. The third-order valence-corrected chi connectivity index (χ3v) is 4.90. The molecule has 0 bridgehead atoms. The number of carbonyl (C=O) groups excluding carboxylic acids is 1. The zero-order valence-electron chi connectivity index (χ0n) is 17.6. The lowest BCUT2D eigenvalue weighted by Gasteiger charge is -2.15. The molecule has 0 spiro atoms. The highest BCUT2D eigenvalue weighted by atomic mass is 16.5. The van der Waals surface area contributed by atoms with Gasteiger partial charge in [-0.25, -0.2) is 4.68 Å². The van der Waals surface area contributed by atoms with Crippen LogP contribution in [0.1, 0.15) is 34.0 Å². The summed E-state index contributed by atoms with van der Waals surface area (Å²) in [5.41, 5.74) is 3.72. The summed E-state index contributed by atoms with van der Waals surface area (Å²) in [6.07, 6.45) is 5.00. The summed E-state index contributed by atoms with van der Waals surface area (Å²) >= 11 is 0. The van der Waals surface area contributed by atoms with E-state index in [1.165, 1.54) is 5.56 Å². The molecule has 0 fully saturated rings. The summed E-state index contributed by atoms with van der Waals surface area (Å²) in [5.74, 6) is 1.49. The van der Waals surface area contributed by atoms with Crippen molar-refractivity contribution in [1.82, 2.24) is 9.78 Å². The Hall–Kier alpha value is -3.54. The summed E-state index contributed by atoms with van der Waals surface area (Å²) in [4.78, 5) is 13.0. The first-order chi connectivity index (χ1) is 14.6. The minimum Gasteiger partial charge on any atom is -0.493 e. The van der Waals surface area contributed by atoms with Crippen molar-refractivity contribution < 1.29 is 14.3 Å². The van der Waals surface area contributed by atoms with Gasteiger partial charge >= 0.3 is 0 Å². The quantitative estimate of drug-likeness (QED) is 0.533. The first kappa shape index (κ1) is 21.2. The second kappa shape index (κ2) is 9.78. The number of carbonyl (C=O) groups is 1. The van der Waals surface area contributed by atoms with Crippen LogP contribution in [0.25, 0.3) is 0 Å². The monoisotopic (exact) mass is 405 g/mol. The van der Waals surface area contributed by atoms with Crippen molar-refractivity contribution in [3.05, 3.63) is 83.6 Å². The van der Waals surface area contributed by atoms with Crippen molar-refractivity contribution >= 4 is 11.7 Å². The number of hydrogen-bond donors (Lipinski definition) is 1. The maximum absolute atomic E-state index is 13.0. The number of benzene rings is 2. The highest BCUT2D eigenvalue weighted by Crippen LogP contribution is 2.33. The normalized spacial score (nSPS) is 10.5. The van der Waals surface area contributed by atoms with E-state index in [0.717, 1.165) is 17.5 Å². The van der Waals surface area contributed by atoms with Crippen LogP contribution < -0.4 is 14.8 Å². The minimum absolute atomic E-state index is 0.246. The predicted molar refractivity (Wildman–Crippen MR) is 119 cm³/mol. The van der Waals surface area contributed by atoms with Crippen LogP contribution in [0.4, 0.5) is 5.82 Å². The Bertz CT molecular complexity index is 1020. The fourth-order valence-corrected chi connectivity index (χ4v) is 3.29. The molecule has 2 aromatic carbocycles. The third-order valence-electron chi connectivity index (χ3n) is 4.90. The first-order valence-corrected chi connectivity index (χ1v) is 9.86. The summed E-state index contributed by atoms with van der Waals surface area (Å²) < 4.78 is 12.6. The molecule has 0 aliphatic rings. The van der Waals surface area contributed by atoms with Crippen LogP contribution in [0.3, 0.4) is 0 Å². The molecule has 0 radical (unpaired) electrons. The van der Waals surface area contributed by atoms with Gasteiger partial charge in [-0.15, -0.1) is 6.58 Å². The van der Waals surface area contributed by atoms with Crippen molar-refractivity contribution in [3.63, 3.8) is 0 Å². The number of methoxy groups -OCH3 is 2. The fourth-order valence-electron chi connectivity index (χ4n) is 3.29. The van der Waals surface area contributed by atoms with E-state index in [-0.39, 0.29) is 5.91 Å². The Kier molecular flexibility index (Phi) is 6.91. The van der Waals surface area contributed by atoms with Crippen molar-refractivity contribution in [3.8, 4) is 11.5 Å². The zero-order chi connectivity index (χ0) is 21.5. The van der Waals surface area contributed by atoms with Gasteiger partial charge in [-0.1, -0.05) is 37.3 Å². The van der Waals surface area contributed by atoms with E-state index in [1.807, 2.05) is 0 Å². The number of amides is 1. The molecule has 6 nitrogen and oxygen atoms in total. The van der Waals surface area contributed by atoms with Gasteiger partial charge in [0.1, 0.15) is 5.82 Å².